The molecule has 7 heteroatoms. The smallest absolute Gasteiger partial charge is 0.337 e. The van der Waals surface area contributed by atoms with Crippen LogP contribution in [0.2, 0.25) is 0 Å². The van der Waals surface area contributed by atoms with E-state index in [1.807, 2.05) is 25.1 Å². The third-order valence-electron chi connectivity index (χ3n) is 4.68. The summed E-state index contributed by atoms with van der Waals surface area (Å²) in [6, 6.07) is 8.73. The van der Waals surface area contributed by atoms with E-state index in [1.54, 1.807) is 12.3 Å². The normalized spacial score (nSPS) is 10.9. The molecular formula is C24H33N3O4. The Bertz CT molecular complexity index is 822. The summed E-state index contributed by atoms with van der Waals surface area (Å²) in [7, 11) is 0. The summed E-state index contributed by atoms with van der Waals surface area (Å²) < 4.78 is 11.7. The number of benzene rings is 1. The molecule has 1 aromatic heterocycles. The molecule has 7 nitrogen and oxygen atoms in total. The zero-order valence-electron chi connectivity index (χ0n) is 18.5. The number of hydrazone groups is 1. The second kappa shape index (κ2) is 14.0. The van der Waals surface area contributed by atoms with Gasteiger partial charge in [-0.25, -0.2) is 9.78 Å². The molecule has 2 rings (SSSR count). The van der Waals surface area contributed by atoms with Crippen LogP contribution in [0.1, 0.15) is 74.7 Å². The van der Waals surface area contributed by atoms with E-state index in [-0.39, 0.29) is 5.56 Å². The number of unbranched alkanes of at least 4 members (excludes halogenated alkanes) is 6. The molecule has 0 atom stereocenters. The van der Waals surface area contributed by atoms with Gasteiger partial charge in [0.25, 0.3) is 0 Å². The first-order valence-electron chi connectivity index (χ1n) is 11.0. The number of aromatic carboxylic acids is 1. The summed E-state index contributed by atoms with van der Waals surface area (Å²) in [5, 5.41) is 13.1. The number of hydrogen-bond acceptors (Lipinski definition) is 6. The van der Waals surface area contributed by atoms with Crippen molar-refractivity contribution < 1.29 is 19.4 Å². The van der Waals surface area contributed by atoms with E-state index in [9.17, 15) is 4.79 Å². The number of ether oxygens (including phenoxy) is 2. The van der Waals surface area contributed by atoms with Crippen molar-refractivity contribution in [2.75, 3.05) is 18.6 Å². The zero-order chi connectivity index (χ0) is 22.3. The van der Waals surface area contributed by atoms with Crippen molar-refractivity contribution in [3.8, 4) is 11.5 Å². The van der Waals surface area contributed by atoms with Crippen molar-refractivity contribution in [1.82, 2.24) is 4.98 Å². The first kappa shape index (κ1) is 24.2. The number of carbonyl (C=O) groups is 1. The van der Waals surface area contributed by atoms with Gasteiger partial charge >= 0.3 is 5.97 Å². The predicted octanol–water partition coefficient (Wildman–Crippen LogP) is 5.75. The SMILES string of the molecule is CCCCCCCCCOc1ccc(/C=N/Nc2ccc(C(=O)O)cn2)cc1OCC. The molecular weight excluding hydrogens is 394 g/mol. The van der Waals surface area contributed by atoms with E-state index in [0.717, 1.165) is 17.7 Å². The van der Waals surface area contributed by atoms with Gasteiger partial charge in [-0.3, -0.25) is 5.43 Å². The Morgan fingerprint density at radius 3 is 2.48 bits per heavy atom. The number of nitrogens with one attached hydrogen (secondary N) is 1. The van der Waals surface area contributed by atoms with Crippen LogP contribution in [0.4, 0.5) is 5.82 Å². The van der Waals surface area contributed by atoms with Crippen molar-refractivity contribution in [3.05, 3.63) is 47.7 Å². The molecule has 0 saturated carbocycles. The minimum atomic E-state index is -1.01. The van der Waals surface area contributed by atoms with Crippen LogP contribution < -0.4 is 14.9 Å². The average molecular weight is 428 g/mol. The molecule has 0 bridgehead atoms. The highest BCUT2D eigenvalue weighted by Crippen LogP contribution is 2.28. The summed E-state index contributed by atoms with van der Waals surface area (Å²) in [5.41, 5.74) is 3.76. The van der Waals surface area contributed by atoms with Gasteiger partial charge in [0, 0.05) is 6.20 Å². The highest BCUT2D eigenvalue weighted by Gasteiger charge is 2.06. The monoisotopic (exact) mass is 427 g/mol. The molecule has 168 valence electrons. The minimum absolute atomic E-state index is 0.128. The maximum Gasteiger partial charge on any atom is 0.337 e. The lowest BCUT2D eigenvalue weighted by Crippen LogP contribution is -2.02. The summed E-state index contributed by atoms with van der Waals surface area (Å²) in [5.74, 6) is 0.878. The predicted molar refractivity (Wildman–Crippen MR) is 124 cm³/mol. The number of carboxylic acids is 1. The van der Waals surface area contributed by atoms with Gasteiger partial charge < -0.3 is 14.6 Å². The maximum atomic E-state index is 10.9. The number of nitrogens with zero attached hydrogens (tertiary/aromatic N) is 2. The molecule has 2 N–H and O–H groups in total. The van der Waals surface area contributed by atoms with E-state index in [1.165, 1.54) is 50.8 Å². The van der Waals surface area contributed by atoms with Gasteiger partial charge in [-0.1, -0.05) is 45.4 Å². The first-order valence-corrected chi connectivity index (χ1v) is 11.0. The van der Waals surface area contributed by atoms with Crippen LogP contribution >= 0.6 is 0 Å². The second-order valence-electron chi connectivity index (χ2n) is 7.22. The Balaban J connectivity index is 1.84. The number of carboxylic acid groups (broad SMARTS) is 1. The Hall–Kier alpha value is -3.09. The van der Waals surface area contributed by atoms with Gasteiger partial charge in [0.2, 0.25) is 0 Å². The number of pyridine rings is 1. The highest BCUT2D eigenvalue weighted by atomic mass is 16.5. The lowest BCUT2D eigenvalue weighted by Gasteiger charge is -2.12. The number of aromatic nitrogens is 1. The van der Waals surface area contributed by atoms with Crippen molar-refractivity contribution in [2.45, 2.75) is 58.8 Å². The van der Waals surface area contributed by atoms with E-state index in [0.29, 0.717) is 24.8 Å². The molecule has 0 aliphatic carbocycles. The van der Waals surface area contributed by atoms with Crippen LogP contribution in [0.3, 0.4) is 0 Å². The molecule has 31 heavy (non-hydrogen) atoms. The Morgan fingerprint density at radius 2 is 1.81 bits per heavy atom. The molecule has 0 aliphatic rings. The fraction of sp³-hybridized carbons (Fsp3) is 0.458. The lowest BCUT2D eigenvalue weighted by atomic mass is 10.1. The molecule has 0 saturated heterocycles. The number of anilines is 1. The minimum Gasteiger partial charge on any atom is -0.490 e. The van der Waals surface area contributed by atoms with E-state index >= 15 is 0 Å². The van der Waals surface area contributed by atoms with Gasteiger partial charge in [-0.15, -0.1) is 0 Å². The van der Waals surface area contributed by atoms with E-state index in [2.05, 4.69) is 22.4 Å². The fourth-order valence-corrected chi connectivity index (χ4v) is 2.99. The summed E-state index contributed by atoms with van der Waals surface area (Å²) >= 11 is 0. The largest absolute Gasteiger partial charge is 0.490 e. The quantitative estimate of drug-likeness (QED) is 0.213. The molecule has 0 aliphatic heterocycles. The summed E-state index contributed by atoms with van der Waals surface area (Å²) in [4.78, 5) is 14.9. The highest BCUT2D eigenvalue weighted by molar-refractivity contribution is 5.87. The number of rotatable bonds is 15. The van der Waals surface area contributed by atoms with Gasteiger partial charge in [0.1, 0.15) is 5.82 Å². The van der Waals surface area contributed by atoms with Gasteiger partial charge in [-0.2, -0.15) is 5.10 Å². The van der Waals surface area contributed by atoms with Crippen LogP contribution in [0, 0.1) is 0 Å². The van der Waals surface area contributed by atoms with Crippen LogP contribution in [0.15, 0.2) is 41.6 Å². The Morgan fingerprint density at radius 1 is 1.03 bits per heavy atom. The topological polar surface area (TPSA) is 93.0 Å². The molecule has 1 aromatic carbocycles. The molecule has 0 unspecified atom stereocenters. The third kappa shape index (κ3) is 9.07. The Kier molecular flexibility index (Phi) is 10.9. The van der Waals surface area contributed by atoms with E-state index < -0.39 is 5.97 Å². The molecule has 0 spiro atoms. The molecule has 2 aromatic rings. The lowest BCUT2D eigenvalue weighted by molar-refractivity contribution is 0.0696. The van der Waals surface area contributed by atoms with Crippen LogP contribution in [-0.4, -0.2) is 35.5 Å². The fourth-order valence-electron chi connectivity index (χ4n) is 2.99. The van der Waals surface area contributed by atoms with Gasteiger partial charge in [0.05, 0.1) is 25.0 Å². The third-order valence-corrected chi connectivity index (χ3v) is 4.68. The molecule has 0 radical (unpaired) electrons. The standard InChI is InChI=1S/C24H33N3O4/c1-3-5-6-7-8-9-10-15-31-21-13-11-19(16-22(21)30-4-2)17-26-27-23-14-12-20(18-25-23)24(28)29/h11-14,16-18H,3-10,15H2,1-2H3,(H,25,27)(H,28,29)/b26-17+. The summed E-state index contributed by atoms with van der Waals surface area (Å²) in [6.45, 7) is 5.40. The first-order chi connectivity index (χ1) is 15.1. The average Bonchev–Trinajstić information content (AvgIpc) is 2.77. The summed E-state index contributed by atoms with van der Waals surface area (Å²) in [6.07, 6.45) is 11.7. The Labute approximate surface area is 184 Å². The van der Waals surface area contributed by atoms with Crippen molar-refractivity contribution in [3.63, 3.8) is 0 Å². The van der Waals surface area contributed by atoms with Gasteiger partial charge in [-0.05, 0) is 49.2 Å². The molecule has 0 fully saturated rings. The van der Waals surface area contributed by atoms with E-state index in [4.69, 9.17) is 14.6 Å². The van der Waals surface area contributed by atoms with Gasteiger partial charge in [0.15, 0.2) is 11.5 Å². The molecule has 1 heterocycles. The van der Waals surface area contributed by atoms with Crippen LogP contribution in [-0.2, 0) is 0 Å². The number of hydrogen-bond donors (Lipinski definition) is 2. The zero-order valence-corrected chi connectivity index (χ0v) is 18.5. The maximum absolute atomic E-state index is 10.9. The van der Waals surface area contributed by atoms with Crippen molar-refractivity contribution in [2.24, 2.45) is 5.10 Å². The molecule has 0 amide bonds. The van der Waals surface area contributed by atoms with Crippen molar-refractivity contribution >= 4 is 18.0 Å². The van der Waals surface area contributed by atoms with Crippen LogP contribution in [0.5, 0.6) is 11.5 Å². The van der Waals surface area contributed by atoms with Crippen LogP contribution in [0.25, 0.3) is 0 Å². The second-order valence-corrected chi connectivity index (χ2v) is 7.22. The van der Waals surface area contributed by atoms with Crippen molar-refractivity contribution in [1.29, 1.82) is 0 Å².